The van der Waals surface area contributed by atoms with E-state index in [1.807, 2.05) is 19.4 Å². The topological polar surface area (TPSA) is 32.9 Å². The zero-order chi connectivity index (χ0) is 6.69. The minimum atomic E-state index is -0.0504. The standard InChI is InChI=1S/C7H8NO.K/c1-2-6-3-4-8-7(9)5-6;/h2-5H,1H3,(H,8,9);/q-1;+1. The molecule has 0 spiro atoms. The summed E-state index contributed by atoms with van der Waals surface area (Å²) in [4.78, 5) is 13.1. The summed E-state index contributed by atoms with van der Waals surface area (Å²) < 4.78 is 0. The van der Waals surface area contributed by atoms with Gasteiger partial charge in [-0.25, -0.2) is 0 Å². The molecule has 0 amide bonds. The number of aromatic nitrogens is 1. The first kappa shape index (κ1) is 10.5. The van der Waals surface area contributed by atoms with Gasteiger partial charge in [0.2, 0.25) is 0 Å². The van der Waals surface area contributed by atoms with Gasteiger partial charge in [0.15, 0.2) is 5.56 Å². The number of hydrogen-bond acceptors (Lipinski definition) is 1. The van der Waals surface area contributed by atoms with Crippen molar-refractivity contribution in [3.05, 3.63) is 40.7 Å². The fraction of sp³-hybridized carbons (Fsp3) is 0.143. The predicted molar refractivity (Wildman–Crippen MR) is 36.1 cm³/mol. The van der Waals surface area contributed by atoms with Crippen LogP contribution in [0.4, 0.5) is 0 Å². The number of H-pyrrole nitrogens is 1. The number of hydrogen-bond donors (Lipinski definition) is 1. The van der Waals surface area contributed by atoms with E-state index in [-0.39, 0.29) is 56.9 Å². The van der Waals surface area contributed by atoms with Gasteiger partial charge in [-0.2, -0.15) is 12.0 Å². The van der Waals surface area contributed by atoms with Gasteiger partial charge in [-0.15, -0.1) is 6.07 Å². The van der Waals surface area contributed by atoms with Crippen molar-refractivity contribution >= 4 is 0 Å². The van der Waals surface area contributed by atoms with E-state index in [0.717, 1.165) is 5.56 Å². The molecule has 0 saturated carbocycles. The molecule has 0 aromatic carbocycles. The largest absolute Gasteiger partial charge is 1.00 e. The Kier molecular flexibility index (Phi) is 5.39. The molecule has 0 saturated heterocycles. The van der Waals surface area contributed by atoms with Gasteiger partial charge in [-0.05, 0) is 0 Å². The molecule has 3 heteroatoms. The van der Waals surface area contributed by atoms with E-state index >= 15 is 0 Å². The van der Waals surface area contributed by atoms with Crippen LogP contribution in [0.25, 0.3) is 0 Å². The van der Waals surface area contributed by atoms with Gasteiger partial charge >= 0.3 is 51.4 Å². The molecule has 2 nitrogen and oxygen atoms in total. The summed E-state index contributed by atoms with van der Waals surface area (Å²) in [6.07, 6.45) is 3.52. The van der Waals surface area contributed by atoms with Crippen LogP contribution in [0.1, 0.15) is 12.5 Å². The van der Waals surface area contributed by atoms with Crippen LogP contribution in [-0.2, 0) is 0 Å². The van der Waals surface area contributed by atoms with Gasteiger partial charge in [-0.1, -0.05) is 19.2 Å². The second-order valence-electron chi connectivity index (χ2n) is 1.77. The average molecular weight is 161 g/mol. The molecule has 1 aromatic rings. The predicted octanol–water partition coefficient (Wildman–Crippen LogP) is -2.05. The summed E-state index contributed by atoms with van der Waals surface area (Å²) in [7, 11) is 0. The number of nitrogens with one attached hydrogen (secondary N) is 1. The minimum Gasteiger partial charge on any atom is -0.351 e. The summed E-state index contributed by atoms with van der Waals surface area (Å²) >= 11 is 0. The zero-order valence-corrected chi connectivity index (χ0v) is 9.34. The van der Waals surface area contributed by atoms with Crippen LogP contribution in [0.2, 0.25) is 0 Å². The van der Waals surface area contributed by atoms with Crippen molar-refractivity contribution < 1.29 is 51.4 Å². The summed E-state index contributed by atoms with van der Waals surface area (Å²) in [5.74, 6) is 0. The average Bonchev–Trinajstić information content (AvgIpc) is 1.88. The fourth-order valence-corrected chi connectivity index (χ4v) is 0.641. The number of rotatable bonds is 1. The number of pyridine rings is 1. The molecule has 0 atom stereocenters. The quantitative estimate of drug-likeness (QED) is 0.373. The Bertz CT molecular complexity index is 243. The zero-order valence-electron chi connectivity index (χ0n) is 6.22. The maximum atomic E-state index is 10.6. The van der Waals surface area contributed by atoms with Crippen molar-refractivity contribution in [1.82, 2.24) is 4.98 Å². The van der Waals surface area contributed by atoms with Crippen LogP contribution in [0.3, 0.4) is 0 Å². The third kappa shape index (κ3) is 3.03. The van der Waals surface area contributed by atoms with E-state index in [9.17, 15) is 4.79 Å². The minimum absolute atomic E-state index is 0. The summed E-state index contributed by atoms with van der Waals surface area (Å²) in [6.45, 7) is 1.90. The van der Waals surface area contributed by atoms with Crippen LogP contribution < -0.4 is 56.9 Å². The third-order valence-electron chi connectivity index (χ3n) is 1.13. The molecule has 0 aliphatic carbocycles. The summed E-state index contributed by atoms with van der Waals surface area (Å²) in [5.41, 5.74) is 0.907. The van der Waals surface area contributed by atoms with Crippen LogP contribution >= 0.6 is 0 Å². The molecule has 1 aromatic heterocycles. The molecular weight excluding hydrogens is 153 g/mol. The van der Waals surface area contributed by atoms with Crippen LogP contribution in [0, 0.1) is 6.42 Å². The first-order valence-electron chi connectivity index (χ1n) is 2.81. The fourth-order valence-electron chi connectivity index (χ4n) is 0.641. The van der Waals surface area contributed by atoms with Gasteiger partial charge in [0.05, 0.1) is 0 Å². The van der Waals surface area contributed by atoms with Crippen molar-refractivity contribution in [3.63, 3.8) is 0 Å². The second-order valence-corrected chi connectivity index (χ2v) is 1.77. The molecule has 0 radical (unpaired) electrons. The molecule has 0 bridgehead atoms. The molecule has 0 unspecified atom stereocenters. The Morgan fingerprint density at radius 1 is 1.60 bits per heavy atom. The molecule has 0 aliphatic heterocycles. The van der Waals surface area contributed by atoms with E-state index in [4.69, 9.17) is 0 Å². The molecular formula is C7H8KNO. The van der Waals surface area contributed by atoms with E-state index in [2.05, 4.69) is 4.98 Å². The maximum absolute atomic E-state index is 10.6. The normalized spacial score (nSPS) is 8.10. The van der Waals surface area contributed by atoms with Gasteiger partial charge < -0.3 is 4.98 Å². The van der Waals surface area contributed by atoms with Crippen molar-refractivity contribution in [2.75, 3.05) is 0 Å². The Labute approximate surface area is 102 Å². The van der Waals surface area contributed by atoms with E-state index in [0.29, 0.717) is 0 Å². The Hall–Kier alpha value is 0.456. The van der Waals surface area contributed by atoms with Crippen LogP contribution in [0.15, 0.2) is 23.1 Å². The summed E-state index contributed by atoms with van der Waals surface area (Å²) in [5, 5.41) is 0. The third-order valence-corrected chi connectivity index (χ3v) is 1.13. The Balaban J connectivity index is 0.000000810. The molecule has 48 valence electrons. The first-order chi connectivity index (χ1) is 4.33. The van der Waals surface area contributed by atoms with Gasteiger partial charge in [0.25, 0.3) is 0 Å². The molecule has 1 N–H and O–H groups in total. The van der Waals surface area contributed by atoms with Crippen LogP contribution in [-0.4, -0.2) is 4.98 Å². The smallest absolute Gasteiger partial charge is 0.351 e. The molecule has 10 heavy (non-hydrogen) atoms. The Morgan fingerprint density at radius 2 is 2.30 bits per heavy atom. The van der Waals surface area contributed by atoms with Crippen molar-refractivity contribution in [2.24, 2.45) is 0 Å². The van der Waals surface area contributed by atoms with Gasteiger partial charge in [0.1, 0.15) is 0 Å². The molecule has 1 heterocycles. The SMILES string of the molecule is C[CH-]c1cc[nH]c(=O)c1.[K+]. The van der Waals surface area contributed by atoms with Crippen molar-refractivity contribution in [3.8, 4) is 0 Å². The second kappa shape index (κ2) is 5.15. The van der Waals surface area contributed by atoms with Gasteiger partial charge in [-0.3, -0.25) is 4.79 Å². The van der Waals surface area contributed by atoms with Crippen LogP contribution in [0.5, 0.6) is 0 Å². The van der Waals surface area contributed by atoms with Crippen molar-refractivity contribution in [2.45, 2.75) is 6.92 Å². The Morgan fingerprint density at radius 3 is 2.70 bits per heavy atom. The monoisotopic (exact) mass is 161 g/mol. The van der Waals surface area contributed by atoms with E-state index in [1.54, 1.807) is 12.3 Å². The first-order valence-corrected chi connectivity index (χ1v) is 2.81. The van der Waals surface area contributed by atoms with E-state index < -0.39 is 0 Å². The van der Waals surface area contributed by atoms with Crippen molar-refractivity contribution in [1.29, 1.82) is 0 Å². The molecule has 0 fully saturated rings. The maximum Gasteiger partial charge on any atom is 1.00 e. The summed E-state index contributed by atoms with van der Waals surface area (Å²) in [6, 6.07) is 3.40. The molecule has 1 rings (SSSR count). The van der Waals surface area contributed by atoms with Gasteiger partial charge in [0, 0.05) is 0 Å². The molecule has 0 aliphatic rings. The van der Waals surface area contributed by atoms with E-state index in [1.165, 1.54) is 0 Å². The number of aromatic amines is 1.